The maximum absolute atomic E-state index is 4.36. The van der Waals surface area contributed by atoms with Crippen LogP contribution in [0.4, 0.5) is 0 Å². The van der Waals surface area contributed by atoms with Gasteiger partial charge in [0.15, 0.2) is 0 Å². The molecule has 4 nitrogen and oxygen atoms in total. The fourth-order valence-electron chi connectivity index (χ4n) is 4.47. The predicted molar refractivity (Wildman–Crippen MR) is 109 cm³/mol. The topological polar surface area (TPSA) is 36.9 Å². The van der Waals surface area contributed by atoms with Crippen molar-refractivity contribution in [2.75, 3.05) is 6.54 Å². The van der Waals surface area contributed by atoms with E-state index in [2.05, 4.69) is 76.6 Å². The van der Waals surface area contributed by atoms with Gasteiger partial charge in [0, 0.05) is 48.5 Å². The van der Waals surface area contributed by atoms with E-state index in [-0.39, 0.29) is 6.04 Å². The first-order valence-electron chi connectivity index (χ1n) is 9.56. The van der Waals surface area contributed by atoms with Crippen molar-refractivity contribution in [3.8, 4) is 0 Å². The highest BCUT2D eigenvalue weighted by Crippen LogP contribution is 2.39. The van der Waals surface area contributed by atoms with E-state index in [1.807, 2.05) is 17.9 Å². The van der Waals surface area contributed by atoms with Gasteiger partial charge >= 0.3 is 0 Å². The first-order valence-corrected chi connectivity index (χ1v) is 9.56. The Hall–Kier alpha value is -2.85. The third-order valence-electron chi connectivity index (χ3n) is 5.64. The van der Waals surface area contributed by atoms with E-state index in [4.69, 9.17) is 0 Å². The molecule has 4 heteroatoms. The summed E-state index contributed by atoms with van der Waals surface area (Å²) in [6.45, 7) is 4.12. The molecular formula is C23H24N4. The van der Waals surface area contributed by atoms with E-state index in [9.17, 15) is 0 Å². The van der Waals surface area contributed by atoms with Crippen molar-refractivity contribution in [2.45, 2.75) is 25.9 Å². The smallest absolute Gasteiger partial charge is 0.0760 e. The molecule has 1 aliphatic rings. The van der Waals surface area contributed by atoms with Crippen LogP contribution in [0.25, 0.3) is 10.9 Å². The van der Waals surface area contributed by atoms with E-state index >= 15 is 0 Å². The number of hydrogen-bond acceptors (Lipinski definition) is 2. The Labute approximate surface area is 159 Å². The summed E-state index contributed by atoms with van der Waals surface area (Å²) in [7, 11) is 1.98. The molecule has 4 aromatic rings. The zero-order valence-corrected chi connectivity index (χ0v) is 15.8. The fourth-order valence-corrected chi connectivity index (χ4v) is 4.47. The minimum atomic E-state index is 0.237. The molecule has 1 atom stereocenters. The number of para-hydroxylation sites is 1. The second kappa shape index (κ2) is 6.39. The highest BCUT2D eigenvalue weighted by Gasteiger charge is 2.31. The summed E-state index contributed by atoms with van der Waals surface area (Å²) in [5.74, 6) is 0. The van der Waals surface area contributed by atoms with Gasteiger partial charge in [-0.15, -0.1) is 0 Å². The van der Waals surface area contributed by atoms with Crippen molar-refractivity contribution >= 4 is 10.9 Å². The summed E-state index contributed by atoms with van der Waals surface area (Å²) in [4.78, 5) is 6.32. The summed E-state index contributed by atoms with van der Waals surface area (Å²) in [6, 6.07) is 17.8. The molecule has 0 radical (unpaired) electrons. The average molecular weight is 356 g/mol. The molecule has 0 bridgehead atoms. The van der Waals surface area contributed by atoms with Crippen LogP contribution in [0.2, 0.25) is 0 Å². The zero-order chi connectivity index (χ0) is 18.4. The lowest BCUT2D eigenvalue weighted by molar-refractivity contribution is 0.202. The SMILES string of the molecule is Cc1cccc([C@H]2c3[nH]c4ccccc4c3CCN2Cc2cnn(C)c2)c1. The second-order valence-electron chi connectivity index (χ2n) is 7.62. The Morgan fingerprint density at radius 3 is 2.85 bits per heavy atom. The number of aromatic nitrogens is 3. The summed E-state index contributed by atoms with van der Waals surface area (Å²) < 4.78 is 1.88. The second-order valence-corrected chi connectivity index (χ2v) is 7.62. The number of hydrogen-bond donors (Lipinski definition) is 1. The van der Waals surface area contributed by atoms with Crippen molar-refractivity contribution in [1.29, 1.82) is 0 Å². The Morgan fingerprint density at radius 2 is 2.04 bits per heavy atom. The summed E-state index contributed by atoms with van der Waals surface area (Å²) >= 11 is 0. The van der Waals surface area contributed by atoms with Crippen LogP contribution in [0.1, 0.15) is 34.0 Å². The Bertz CT molecular complexity index is 1100. The number of H-pyrrole nitrogens is 1. The zero-order valence-electron chi connectivity index (χ0n) is 15.8. The summed E-state index contributed by atoms with van der Waals surface area (Å²) in [5, 5.41) is 5.72. The van der Waals surface area contributed by atoms with Gasteiger partial charge in [-0.3, -0.25) is 9.58 Å². The van der Waals surface area contributed by atoms with Crippen molar-refractivity contribution < 1.29 is 0 Å². The Balaban J connectivity index is 1.63. The lowest BCUT2D eigenvalue weighted by Crippen LogP contribution is -2.35. The van der Waals surface area contributed by atoms with Crippen molar-refractivity contribution in [2.24, 2.45) is 7.05 Å². The number of nitrogens with one attached hydrogen (secondary N) is 1. The van der Waals surface area contributed by atoms with E-state index in [0.717, 1.165) is 19.5 Å². The van der Waals surface area contributed by atoms with Crippen molar-refractivity contribution in [3.63, 3.8) is 0 Å². The number of nitrogens with zero attached hydrogens (tertiary/aromatic N) is 3. The van der Waals surface area contributed by atoms with E-state index in [1.165, 1.54) is 38.9 Å². The van der Waals surface area contributed by atoms with Crippen LogP contribution < -0.4 is 0 Å². The number of aryl methyl sites for hydroxylation is 2. The summed E-state index contributed by atoms with van der Waals surface area (Å²) in [6.07, 6.45) is 5.17. The number of fused-ring (bicyclic) bond motifs is 3. The quantitative estimate of drug-likeness (QED) is 0.592. The largest absolute Gasteiger partial charge is 0.357 e. The van der Waals surface area contributed by atoms with Crippen LogP contribution in [-0.2, 0) is 20.0 Å². The normalized spacial score (nSPS) is 17.3. The number of aromatic amines is 1. The first-order chi connectivity index (χ1) is 13.2. The highest BCUT2D eigenvalue weighted by molar-refractivity contribution is 5.85. The molecule has 1 aliphatic heterocycles. The lowest BCUT2D eigenvalue weighted by Gasteiger charge is -2.36. The van der Waals surface area contributed by atoms with Gasteiger partial charge in [0.05, 0.1) is 12.2 Å². The molecule has 2 aromatic carbocycles. The number of rotatable bonds is 3. The molecule has 0 fully saturated rings. The van der Waals surface area contributed by atoms with E-state index < -0.39 is 0 Å². The molecule has 0 saturated carbocycles. The minimum absolute atomic E-state index is 0.237. The van der Waals surface area contributed by atoms with Gasteiger partial charge in [-0.25, -0.2) is 0 Å². The van der Waals surface area contributed by atoms with Crippen LogP contribution in [-0.4, -0.2) is 26.2 Å². The molecule has 5 rings (SSSR count). The Morgan fingerprint density at radius 1 is 1.15 bits per heavy atom. The van der Waals surface area contributed by atoms with Crippen LogP contribution in [0.3, 0.4) is 0 Å². The molecule has 0 amide bonds. The predicted octanol–water partition coefficient (Wildman–Crippen LogP) is 4.36. The first kappa shape index (κ1) is 16.3. The number of benzene rings is 2. The standard InChI is InChI=1S/C23H24N4/c1-16-6-5-7-18(12-16)23-22-20(19-8-3-4-9-21(19)25-22)10-11-27(23)15-17-13-24-26(2)14-17/h3-9,12-14,23,25H,10-11,15H2,1-2H3/t23-/m0/s1. The lowest BCUT2D eigenvalue weighted by atomic mass is 9.91. The molecule has 1 N–H and O–H groups in total. The monoisotopic (exact) mass is 356 g/mol. The molecule has 2 aromatic heterocycles. The summed E-state index contributed by atoms with van der Waals surface area (Å²) in [5.41, 5.74) is 7.97. The van der Waals surface area contributed by atoms with Gasteiger partial charge < -0.3 is 4.98 Å². The van der Waals surface area contributed by atoms with Crippen LogP contribution >= 0.6 is 0 Å². The van der Waals surface area contributed by atoms with Gasteiger partial charge in [-0.05, 0) is 30.5 Å². The van der Waals surface area contributed by atoms with Crippen LogP contribution in [0, 0.1) is 6.92 Å². The molecule has 136 valence electrons. The van der Waals surface area contributed by atoms with Crippen molar-refractivity contribution in [3.05, 3.63) is 88.9 Å². The molecule has 27 heavy (non-hydrogen) atoms. The Kier molecular flexibility index (Phi) is 3.87. The molecular weight excluding hydrogens is 332 g/mol. The maximum atomic E-state index is 4.36. The fraction of sp³-hybridized carbons (Fsp3) is 0.261. The van der Waals surface area contributed by atoms with Gasteiger partial charge in [-0.2, -0.15) is 5.10 Å². The average Bonchev–Trinajstić information content (AvgIpc) is 3.24. The van der Waals surface area contributed by atoms with Crippen molar-refractivity contribution in [1.82, 2.24) is 19.7 Å². The molecule has 0 spiro atoms. The third kappa shape index (κ3) is 2.86. The van der Waals surface area contributed by atoms with Crippen LogP contribution in [0.15, 0.2) is 60.9 Å². The molecule has 3 heterocycles. The van der Waals surface area contributed by atoms with Gasteiger partial charge in [0.1, 0.15) is 0 Å². The molecule has 0 aliphatic carbocycles. The minimum Gasteiger partial charge on any atom is -0.357 e. The van der Waals surface area contributed by atoms with E-state index in [1.54, 1.807) is 0 Å². The maximum Gasteiger partial charge on any atom is 0.0760 e. The van der Waals surface area contributed by atoms with E-state index in [0.29, 0.717) is 0 Å². The van der Waals surface area contributed by atoms with Gasteiger partial charge in [0.25, 0.3) is 0 Å². The highest BCUT2D eigenvalue weighted by atomic mass is 15.2. The van der Waals surface area contributed by atoms with Gasteiger partial charge in [-0.1, -0.05) is 48.0 Å². The molecule has 0 unspecified atom stereocenters. The third-order valence-corrected chi connectivity index (χ3v) is 5.64. The van der Waals surface area contributed by atoms with Gasteiger partial charge in [0.2, 0.25) is 0 Å². The van der Waals surface area contributed by atoms with Crippen LogP contribution in [0.5, 0.6) is 0 Å². The molecule has 0 saturated heterocycles.